The molecule has 0 unspecified atom stereocenters. The van der Waals surface area contributed by atoms with Crippen molar-refractivity contribution in [2.45, 2.75) is 20.4 Å². The second-order valence-corrected chi connectivity index (χ2v) is 6.02. The zero-order chi connectivity index (χ0) is 15.4. The zero-order valence-electron chi connectivity index (χ0n) is 11.9. The largest absolute Gasteiger partial charge is 0.311 e. The summed E-state index contributed by atoms with van der Waals surface area (Å²) in [6.45, 7) is 5.95. The second-order valence-electron chi connectivity index (χ2n) is 5.17. The van der Waals surface area contributed by atoms with Crippen LogP contribution in [0.15, 0.2) is 34.9 Å². The van der Waals surface area contributed by atoms with Gasteiger partial charge in [0.1, 0.15) is 0 Å². The van der Waals surface area contributed by atoms with Gasteiger partial charge < -0.3 is 5.32 Å². The zero-order valence-corrected chi connectivity index (χ0v) is 13.5. The number of halogens is 1. The van der Waals surface area contributed by atoms with Crippen LogP contribution in [0.2, 0.25) is 0 Å². The van der Waals surface area contributed by atoms with Crippen molar-refractivity contribution in [3.05, 3.63) is 50.7 Å². The van der Waals surface area contributed by atoms with Crippen LogP contribution >= 0.6 is 15.9 Å². The number of nitro groups is 1. The lowest BCUT2D eigenvalue weighted by molar-refractivity contribution is -0.385. The fraction of sp³-hybridized carbons (Fsp3) is 0.357. The van der Waals surface area contributed by atoms with Gasteiger partial charge in [-0.1, -0.05) is 13.8 Å². The van der Waals surface area contributed by atoms with Gasteiger partial charge in [0, 0.05) is 18.8 Å². The molecule has 0 aliphatic rings. The van der Waals surface area contributed by atoms with Gasteiger partial charge in [-0.05, 0) is 46.6 Å². The van der Waals surface area contributed by atoms with Crippen LogP contribution in [0.5, 0.6) is 0 Å². The highest BCUT2D eigenvalue weighted by molar-refractivity contribution is 9.10. The van der Waals surface area contributed by atoms with E-state index >= 15 is 0 Å². The highest BCUT2D eigenvalue weighted by Crippen LogP contribution is 2.26. The average molecular weight is 353 g/mol. The van der Waals surface area contributed by atoms with Gasteiger partial charge in [0.2, 0.25) is 0 Å². The molecule has 1 aromatic heterocycles. The van der Waals surface area contributed by atoms with Crippen LogP contribution in [0, 0.1) is 16.0 Å². The first-order valence-corrected chi connectivity index (χ1v) is 7.46. The summed E-state index contributed by atoms with van der Waals surface area (Å²) in [5.74, 6) is 0.595. The summed E-state index contributed by atoms with van der Waals surface area (Å²) in [6.07, 6.45) is 1.85. The van der Waals surface area contributed by atoms with Gasteiger partial charge in [0.15, 0.2) is 0 Å². The van der Waals surface area contributed by atoms with Crippen molar-refractivity contribution in [1.29, 1.82) is 0 Å². The lowest BCUT2D eigenvalue weighted by Crippen LogP contribution is -2.19. The molecule has 21 heavy (non-hydrogen) atoms. The van der Waals surface area contributed by atoms with Gasteiger partial charge in [-0.3, -0.25) is 10.1 Å². The molecule has 0 saturated heterocycles. The van der Waals surface area contributed by atoms with Crippen LogP contribution in [0.1, 0.15) is 19.5 Å². The fourth-order valence-electron chi connectivity index (χ4n) is 1.88. The summed E-state index contributed by atoms with van der Waals surface area (Å²) in [6, 6.07) is 6.78. The van der Waals surface area contributed by atoms with Crippen molar-refractivity contribution >= 4 is 21.6 Å². The molecule has 2 rings (SSSR count). The van der Waals surface area contributed by atoms with E-state index in [1.807, 2.05) is 12.3 Å². The predicted octanol–water partition coefficient (Wildman–Crippen LogP) is 3.29. The molecule has 0 spiro atoms. The third-order valence-electron chi connectivity index (χ3n) is 2.90. The van der Waals surface area contributed by atoms with Gasteiger partial charge in [-0.25, -0.2) is 4.68 Å². The number of nitrogens with zero attached hydrogens (tertiary/aromatic N) is 3. The van der Waals surface area contributed by atoms with Gasteiger partial charge >= 0.3 is 0 Å². The Morgan fingerprint density at radius 2 is 2.19 bits per heavy atom. The summed E-state index contributed by atoms with van der Waals surface area (Å²) >= 11 is 3.21. The average Bonchev–Trinajstić information content (AvgIpc) is 2.86. The van der Waals surface area contributed by atoms with Crippen LogP contribution in [0.3, 0.4) is 0 Å². The molecule has 1 heterocycles. The maximum Gasteiger partial charge on any atom is 0.283 e. The second kappa shape index (κ2) is 6.82. The Labute approximate surface area is 131 Å². The van der Waals surface area contributed by atoms with E-state index in [4.69, 9.17) is 0 Å². The highest BCUT2D eigenvalue weighted by Gasteiger charge is 2.12. The molecule has 0 amide bonds. The lowest BCUT2D eigenvalue weighted by Gasteiger charge is -2.05. The number of nitro benzene ring substituents is 1. The molecule has 7 heteroatoms. The van der Waals surface area contributed by atoms with E-state index in [1.165, 1.54) is 6.07 Å². The first-order chi connectivity index (χ1) is 9.97. The van der Waals surface area contributed by atoms with E-state index in [0.717, 1.165) is 17.9 Å². The summed E-state index contributed by atoms with van der Waals surface area (Å²) in [5, 5.41) is 18.6. The summed E-state index contributed by atoms with van der Waals surface area (Å²) in [7, 11) is 0. The Morgan fingerprint density at radius 3 is 2.81 bits per heavy atom. The van der Waals surface area contributed by atoms with Gasteiger partial charge in [0.25, 0.3) is 5.69 Å². The van der Waals surface area contributed by atoms with Crippen LogP contribution in [0.4, 0.5) is 5.69 Å². The molecule has 1 N–H and O–H groups in total. The van der Waals surface area contributed by atoms with E-state index in [1.54, 1.807) is 16.8 Å². The van der Waals surface area contributed by atoms with Crippen molar-refractivity contribution in [2.24, 2.45) is 5.92 Å². The van der Waals surface area contributed by atoms with Crippen molar-refractivity contribution in [1.82, 2.24) is 15.1 Å². The molecular formula is C14H17BrN4O2. The van der Waals surface area contributed by atoms with E-state index in [0.29, 0.717) is 16.9 Å². The number of aromatic nitrogens is 2. The van der Waals surface area contributed by atoms with Crippen molar-refractivity contribution in [3.8, 4) is 5.69 Å². The Balaban J connectivity index is 2.10. The standard InChI is InChI=1S/C14H17BrN4O2/c1-10(2)8-16-9-11-5-6-18(17-11)12-3-4-14(19(20)21)13(15)7-12/h3-7,10,16H,8-9H2,1-2H3. The fourth-order valence-corrected chi connectivity index (χ4v) is 2.39. The summed E-state index contributed by atoms with van der Waals surface area (Å²) in [4.78, 5) is 10.4. The third kappa shape index (κ3) is 4.12. The molecule has 0 radical (unpaired) electrons. The van der Waals surface area contributed by atoms with E-state index < -0.39 is 4.92 Å². The first-order valence-electron chi connectivity index (χ1n) is 6.67. The maximum atomic E-state index is 10.8. The molecule has 6 nitrogen and oxygen atoms in total. The molecule has 0 atom stereocenters. The van der Waals surface area contributed by atoms with Gasteiger partial charge in [-0.2, -0.15) is 5.10 Å². The number of benzene rings is 1. The van der Waals surface area contributed by atoms with E-state index in [2.05, 4.69) is 40.2 Å². The van der Waals surface area contributed by atoms with Gasteiger partial charge in [-0.15, -0.1) is 0 Å². The van der Waals surface area contributed by atoms with Crippen molar-refractivity contribution in [2.75, 3.05) is 6.54 Å². The third-order valence-corrected chi connectivity index (χ3v) is 3.53. The number of rotatable bonds is 6. The minimum Gasteiger partial charge on any atom is -0.311 e. The van der Waals surface area contributed by atoms with E-state index in [9.17, 15) is 10.1 Å². The predicted molar refractivity (Wildman–Crippen MR) is 84.5 cm³/mol. The first kappa shape index (κ1) is 15.7. The number of nitrogens with one attached hydrogen (secondary N) is 1. The normalized spacial score (nSPS) is 11.0. The summed E-state index contributed by atoms with van der Waals surface area (Å²) in [5.41, 5.74) is 1.76. The molecule has 1 aromatic carbocycles. The maximum absolute atomic E-state index is 10.8. The van der Waals surface area contributed by atoms with Crippen LogP contribution in [-0.2, 0) is 6.54 Å². The monoisotopic (exact) mass is 352 g/mol. The SMILES string of the molecule is CC(C)CNCc1ccn(-c2ccc([N+](=O)[O-])c(Br)c2)n1. The van der Waals surface area contributed by atoms with E-state index in [-0.39, 0.29) is 5.69 Å². The van der Waals surface area contributed by atoms with Gasteiger partial charge in [0.05, 0.1) is 20.8 Å². The quantitative estimate of drug-likeness (QED) is 0.639. The smallest absolute Gasteiger partial charge is 0.283 e. The van der Waals surface area contributed by atoms with Crippen LogP contribution < -0.4 is 5.32 Å². The Hall–Kier alpha value is -1.73. The highest BCUT2D eigenvalue weighted by atomic mass is 79.9. The summed E-state index contributed by atoms with van der Waals surface area (Å²) < 4.78 is 2.15. The van der Waals surface area contributed by atoms with Crippen molar-refractivity contribution < 1.29 is 4.92 Å². The molecule has 0 fully saturated rings. The Bertz CT molecular complexity index is 640. The topological polar surface area (TPSA) is 73.0 Å². The minimum atomic E-state index is -0.418. The molecule has 0 aliphatic carbocycles. The Morgan fingerprint density at radius 1 is 1.43 bits per heavy atom. The molecule has 112 valence electrons. The minimum absolute atomic E-state index is 0.0460. The van der Waals surface area contributed by atoms with Crippen molar-refractivity contribution in [3.63, 3.8) is 0 Å². The molecular weight excluding hydrogens is 336 g/mol. The molecule has 2 aromatic rings. The van der Waals surface area contributed by atoms with Crippen LogP contribution in [0.25, 0.3) is 5.69 Å². The number of hydrogen-bond acceptors (Lipinski definition) is 4. The van der Waals surface area contributed by atoms with Crippen LogP contribution in [-0.4, -0.2) is 21.2 Å². The molecule has 0 bridgehead atoms. The molecule has 0 aliphatic heterocycles. The Kier molecular flexibility index (Phi) is 5.08. The number of hydrogen-bond donors (Lipinski definition) is 1. The lowest BCUT2D eigenvalue weighted by atomic mass is 10.2. The molecule has 0 saturated carbocycles.